The van der Waals surface area contributed by atoms with Crippen LogP contribution in [0.25, 0.3) is 11.1 Å². The maximum absolute atomic E-state index is 10.1. The predicted octanol–water partition coefficient (Wildman–Crippen LogP) is 6.06. The Kier molecular flexibility index (Phi) is 5.38. The minimum absolute atomic E-state index is 0.378. The zero-order valence-corrected chi connectivity index (χ0v) is 15.6. The average Bonchev–Trinajstić information content (AvgIpc) is 2.54. The van der Waals surface area contributed by atoms with Crippen molar-refractivity contribution in [1.82, 2.24) is 0 Å². The van der Waals surface area contributed by atoms with Crippen molar-refractivity contribution in [3.05, 3.63) is 57.6 Å². The normalized spacial score (nSPS) is 12.2. The van der Waals surface area contributed by atoms with E-state index in [4.69, 9.17) is 0 Å². The number of hydrogen-bond acceptors (Lipinski definition) is 2. The Balaban J connectivity index is 2.71. The highest BCUT2D eigenvalue weighted by molar-refractivity contribution is 5.91. The second-order valence-electron chi connectivity index (χ2n) is 6.58. The van der Waals surface area contributed by atoms with Gasteiger partial charge in [-0.3, -0.25) is 0 Å². The third kappa shape index (κ3) is 3.33. The largest absolute Gasteiger partial charge is 0.507 e. The molecule has 0 aliphatic heterocycles. The molecule has 2 aromatic rings. The molecule has 2 N–H and O–H groups in total. The number of phenolic OH excluding ortho intramolecular Hbond substituents is 2. The fraction of sp³-hybridized carbons (Fsp3) is 0.364. The van der Waals surface area contributed by atoms with Crippen LogP contribution in [-0.4, -0.2) is 10.2 Å². The monoisotopic (exact) mass is 324 g/mol. The first-order valence-corrected chi connectivity index (χ1v) is 8.63. The molecule has 2 aromatic carbocycles. The summed E-state index contributed by atoms with van der Waals surface area (Å²) in [5.74, 6) is 0.757. The van der Waals surface area contributed by atoms with Crippen molar-refractivity contribution in [3.8, 4) is 11.5 Å². The van der Waals surface area contributed by atoms with Gasteiger partial charge in [0.25, 0.3) is 0 Å². The second-order valence-corrected chi connectivity index (χ2v) is 6.58. The van der Waals surface area contributed by atoms with Gasteiger partial charge >= 0.3 is 0 Å². The molecule has 2 heteroatoms. The Labute approximate surface area is 145 Å². The van der Waals surface area contributed by atoms with Crippen molar-refractivity contribution in [3.63, 3.8) is 0 Å². The van der Waals surface area contributed by atoms with Gasteiger partial charge < -0.3 is 10.2 Å². The summed E-state index contributed by atoms with van der Waals surface area (Å²) in [7, 11) is 0. The Hall–Kier alpha value is -2.22. The van der Waals surface area contributed by atoms with E-state index in [9.17, 15) is 10.2 Å². The third-order valence-electron chi connectivity index (χ3n) is 4.75. The summed E-state index contributed by atoms with van der Waals surface area (Å²) in [4.78, 5) is 0. The SMILES string of the molecule is CCC(=C(CC)c1cc(C)c(O)c(C)c1)c1cc(C)c(O)c(C)c1. The van der Waals surface area contributed by atoms with Crippen LogP contribution in [0.5, 0.6) is 11.5 Å². The first-order chi connectivity index (χ1) is 11.3. The second kappa shape index (κ2) is 7.12. The van der Waals surface area contributed by atoms with Crippen LogP contribution in [0.3, 0.4) is 0 Å². The van der Waals surface area contributed by atoms with Gasteiger partial charge in [0, 0.05) is 0 Å². The average molecular weight is 324 g/mol. The molecule has 0 unspecified atom stereocenters. The van der Waals surface area contributed by atoms with E-state index in [-0.39, 0.29) is 0 Å². The van der Waals surface area contributed by atoms with Crippen LogP contribution in [0.4, 0.5) is 0 Å². The van der Waals surface area contributed by atoms with Gasteiger partial charge in [0.05, 0.1) is 0 Å². The Morgan fingerprint density at radius 2 is 0.875 bits per heavy atom. The lowest BCUT2D eigenvalue weighted by Gasteiger charge is -2.17. The van der Waals surface area contributed by atoms with Crippen LogP contribution in [0.1, 0.15) is 60.1 Å². The molecular formula is C22H28O2. The van der Waals surface area contributed by atoms with E-state index in [1.807, 2.05) is 27.7 Å². The summed E-state index contributed by atoms with van der Waals surface area (Å²) in [6.07, 6.45) is 1.84. The lowest BCUT2D eigenvalue weighted by molar-refractivity contribution is 0.466. The van der Waals surface area contributed by atoms with Crippen molar-refractivity contribution >= 4 is 11.1 Å². The molecule has 2 nitrogen and oxygen atoms in total. The van der Waals surface area contributed by atoms with Crippen molar-refractivity contribution in [2.75, 3.05) is 0 Å². The summed E-state index contributed by atoms with van der Waals surface area (Å²) >= 11 is 0. The van der Waals surface area contributed by atoms with E-state index in [2.05, 4.69) is 38.1 Å². The summed E-state index contributed by atoms with van der Waals surface area (Å²) in [5.41, 5.74) is 8.57. The molecule has 24 heavy (non-hydrogen) atoms. The van der Waals surface area contributed by atoms with Gasteiger partial charge in [0.2, 0.25) is 0 Å². The smallest absolute Gasteiger partial charge is 0.121 e. The van der Waals surface area contributed by atoms with Gasteiger partial charge in [-0.15, -0.1) is 0 Å². The molecular weight excluding hydrogens is 296 g/mol. The van der Waals surface area contributed by atoms with Gasteiger partial charge in [-0.25, -0.2) is 0 Å². The van der Waals surface area contributed by atoms with Crippen molar-refractivity contribution in [2.24, 2.45) is 0 Å². The maximum atomic E-state index is 10.1. The predicted molar refractivity (Wildman–Crippen MR) is 103 cm³/mol. The van der Waals surface area contributed by atoms with Gasteiger partial charge in [0.15, 0.2) is 0 Å². The minimum atomic E-state index is 0.378. The van der Waals surface area contributed by atoms with Crippen LogP contribution in [0.2, 0.25) is 0 Å². The van der Waals surface area contributed by atoms with E-state index in [0.29, 0.717) is 11.5 Å². The molecule has 0 aliphatic rings. The fourth-order valence-electron chi connectivity index (χ4n) is 3.44. The first kappa shape index (κ1) is 18.1. The lowest BCUT2D eigenvalue weighted by Crippen LogP contribution is -1.95. The molecule has 128 valence electrons. The minimum Gasteiger partial charge on any atom is -0.507 e. The van der Waals surface area contributed by atoms with Gasteiger partial charge in [-0.1, -0.05) is 13.8 Å². The number of phenols is 2. The molecule has 0 bridgehead atoms. The number of aromatic hydroxyl groups is 2. The number of rotatable bonds is 4. The van der Waals surface area contributed by atoms with E-state index < -0.39 is 0 Å². The molecule has 0 fully saturated rings. The number of aryl methyl sites for hydroxylation is 4. The van der Waals surface area contributed by atoms with E-state index >= 15 is 0 Å². The summed E-state index contributed by atoms with van der Waals surface area (Å²) in [6, 6.07) is 8.27. The summed E-state index contributed by atoms with van der Waals surface area (Å²) in [5, 5.41) is 20.1. The van der Waals surface area contributed by atoms with Crippen LogP contribution in [0, 0.1) is 27.7 Å². The molecule has 0 saturated heterocycles. The van der Waals surface area contributed by atoms with Crippen LogP contribution < -0.4 is 0 Å². The molecule has 0 aromatic heterocycles. The van der Waals surface area contributed by atoms with Crippen LogP contribution in [0.15, 0.2) is 24.3 Å². The first-order valence-electron chi connectivity index (χ1n) is 8.63. The highest BCUT2D eigenvalue weighted by Gasteiger charge is 2.13. The van der Waals surface area contributed by atoms with Gasteiger partial charge in [-0.2, -0.15) is 0 Å². The third-order valence-corrected chi connectivity index (χ3v) is 4.75. The number of hydrogen-bond donors (Lipinski definition) is 2. The van der Waals surface area contributed by atoms with Crippen LogP contribution in [-0.2, 0) is 0 Å². The molecule has 2 rings (SSSR count). The molecule has 0 atom stereocenters. The number of allylic oxidation sites excluding steroid dienone is 2. The molecule has 0 saturated carbocycles. The molecule has 0 spiro atoms. The van der Waals surface area contributed by atoms with E-state index in [1.165, 1.54) is 22.3 Å². The zero-order valence-electron chi connectivity index (χ0n) is 15.6. The molecule has 0 aliphatic carbocycles. The number of benzene rings is 2. The van der Waals surface area contributed by atoms with Crippen molar-refractivity contribution in [1.29, 1.82) is 0 Å². The van der Waals surface area contributed by atoms with Crippen LogP contribution >= 0.6 is 0 Å². The molecule has 0 radical (unpaired) electrons. The van der Waals surface area contributed by atoms with E-state index in [0.717, 1.165) is 35.1 Å². The Bertz CT molecular complexity index is 684. The van der Waals surface area contributed by atoms with E-state index in [1.54, 1.807) is 0 Å². The maximum Gasteiger partial charge on any atom is 0.121 e. The quantitative estimate of drug-likeness (QED) is 0.671. The standard InChI is InChI=1S/C22H28O2/c1-7-19(17-9-13(3)21(23)14(4)10-17)20(8-2)18-11-15(5)22(24)16(6)12-18/h9-12,23-24H,7-8H2,1-6H3. The highest BCUT2D eigenvalue weighted by Crippen LogP contribution is 2.36. The topological polar surface area (TPSA) is 40.5 Å². The molecule has 0 heterocycles. The Morgan fingerprint density at radius 1 is 0.625 bits per heavy atom. The summed E-state index contributed by atoms with van der Waals surface area (Å²) < 4.78 is 0. The van der Waals surface area contributed by atoms with Crippen molar-refractivity contribution < 1.29 is 10.2 Å². The zero-order chi connectivity index (χ0) is 18.0. The lowest BCUT2D eigenvalue weighted by atomic mass is 9.88. The van der Waals surface area contributed by atoms with Crippen molar-refractivity contribution in [2.45, 2.75) is 54.4 Å². The van der Waals surface area contributed by atoms with Gasteiger partial charge in [-0.05, 0) is 109 Å². The molecule has 0 amide bonds. The highest BCUT2D eigenvalue weighted by atomic mass is 16.3. The van der Waals surface area contributed by atoms with Gasteiger partial charge in [0.1, 0.15) is 11.5 Å². The summed E-state index contributed by atoms with van der Waals surface area (Å²) in [6.45, 7) is 12.1. The Morgan fingerprint density at radius 3 is 1.08 bits per heavy atom. The fourth-order valence-corrected chi connectivity index (χ4v) is 3.44.